The average molecular weight is 384 g/mol. The number of hydrogen-bond donors (Lipinski definition) is 2. The highest BCUT2D eigenvalue weighted by atomic mass is 16.7. The van der Waals surface area contributed by atoms with E-state index in [1.165, 1.54) is 0 Å². The minimum absolute atomic E-state index is 0.380. The van der Waals surface area contributed by atoms with Crippen LogP contribution in [0.15, 0.2) is 36.7 Å². The van der Waals surface area contributed by atoms with Gasteiger partial charge >= 0.3 is 0 Å². The molecule has 9 nitrogen and oxygen atoms in total. The molecule has 0 bridgehead atoms. The Morgan fingerprint density at radius 3 is 2.36 bits per heavy atom. The van der Waals surface area contributed by atoms with Gasteiger partial charge in [-0.15, -0.1) is 0 Å². The van der Waals surface area contributed by atoms with Crippen molar-refractivity contribution in [3.63, 3.8) is 0 Å². The highest BCUT2D eigenvalue weighted by Crippen LogP contribution is 2.24. The Balaban J connectivity index is 1.84. The molecule has 0 aliphatic rings. The second-order valence-electron chi connectivity index (χ2n) is 5.70. The van der Waals surface area contributed by atoms with Crippen molar-refractivity contribution < 1.29 is 14.2 Å². The van der Waals surface area contributed by atoms with Gasteiger partial charge in [0.05, 0.1) is 13.7 Å². The summed E-state index contributed by atoms with van der Waals surface area (Å²) in [5.74, 6) is 1.74. The third-order valence-corrected chi connectivity index (χ3v) is 3.82. The Morgan fingerprint density at radius 2 is 1.68 bits per heavy atom. The summed E-state index contributed by atoms with van der Waals surface area (Å²) in [5.41, 5.74) is 1.91. The topological polar surface area (TPSA) is 103 Å². The Kier molecular flexibility index (Phi) is 6.88. The molecule has 0 aliphatic heterocycles. The lowest BCUT2D eigenvalue weighted by atomic mass is 10.3. The van der Waals surface area contributed by atoms with Crippen molar-refractivity contribution in [2.75, 3.05) is 37.5 Å². The molecule has 2 heterocycles. The molecule has 0 atom stereocenters. The monoisotopic (exact) mass is 384 g/mol. The third-order valence-electron chi connectivity index (χ3n) is 3.82. The van der Waals surface area contributed by atoms with Gasteiger partial charge in [0.2, 0.25) is 5.95 Å². The second kappa shape index (κ2) is 9.77. The van der Waals surface area contributed by atoms with Gasteiger partial charge in [0.15, 0.2) is 23.3 Å². The number of ether oxygens (including phenoxy) is 3. The largest absolute Gasteiger partial charge is 0.497 e. The summed E-state index contributed by atoms with van der Waals surface area (Å²) in [4.78, 5) is 17.6. The molecule has 0 saturated carbocycles. The van der Waals surface area contributed by atoms with E-state index >= 15 is 0 Å². The molecule has 148 valence electrons. The zero-order valence-electron chi connectivity index (χ0n) is 16.2. The minimum atomic E-state index is -0.380. The van der Waals surface area contributed by atoms with Crippen LogP contribution in [0.3, 0.4) is 0 Å². The van der Waals surface area contributed by atoms with Gasteiger partial charge in [-0.2, -0.15) is 9.97 Å². The summed E-state index contributed by atoms with van der Waals surface area (Å²) < 4.78 is 16.3. The molecule has 0 saturated heterocycles. The van der Waals surface area contributed by atoms with E-state index in [4.69, 9.17) is 14.2 Å². The predicted octanol–water partition coefficient (Wildman–Crippen LogP) is 2.98. The summed E-state index contributed by atoms with van der Waals surface area (Å²) in [7, 11) is 1.63. The normalized spacial score (nSPS) is 11.0. The highest BCUT2D eigenvalue weighted by Gasteiger charge is 2.13. The summed E-state index contributed by atoms with van der Waals surface area (Å²) in [5, 5.41) is 6.42. The molecule has 28 heavy (non-hydrogen) atoms. The molecule has 0 aliphatic carbocycles. The van der Waals surface area contributed by atoms with Crippen molar-refractivity contribution in [1.82, 2.24) is 19.9 Å². The molecule has 0 fully saturated rings. The van der Waals surface area contributed by atoms with Crippen LogP contribution in [-0.4, -0.2) is 53.1 Å². The number of nitrogens with zero attached hydrogens (tertiary/aromatic N) is 4. The fourth-order valence-electron chi connectivity index (χ4n) is 2.55. The van der Waals surface area contributed by atoms with Gasteiger partial charge < -0.3 is 24.8 Å². The number of methoxy groups -OCH3 is 1. The molecule has 0 unspecified atom stereocenters. The van der Waals surface area contributed by atoms with E-state index in [9.17, 15) is 0 Å². The molecule has 9 heteroatoms. The van der Waals surface area contributed by atoms with Crippen LogP contribution in [0.25, 0.3) is 11.2 Å². The van der Waals surface area contributed by atoms with Crippen LogP contribution in [0.1, 0.15) is 13.8 Å². The molecule has 0 amide bonds. The summed E-state index contributed by atoms with van der Waals surface area (Å²) in [6.07, 6.45) is 2.83. The van der Waals surface area contributed by atoms with Crippen LogP contribution < -0.4 is 15.4 Å². The molecule has 3 rings (SSSR count). The van der Waals surface area contributed by atoms with E-state index in [0.717, 1.165) is 11.4 Å². The molecule has 2 N–H and O–H groups in total. The summed E-state index contributed by atoms with van der Waals surface area (Å²) >= 11 is 0. The lowest BCUT2D eigenvalue weighted by molar-refractivity contribution is -0.126. The summed E-state index contributed by atoms with van der Waals surface area (Å²) in [6, 6.07) is 7.53. The lowest BCUT2D eigenvalue weighted by Crippen LogP contribution is -2.27. The van der Waals surface area contributed by atoms with Gasteiger partial charge in [-0.3, -0.25) is 0 Å². The number of rotatable bonds is 10. The van der Waals surface area contributed by atoms with E-state index in [1.807, 2.05) is 38.1 Å². The Morgan fingerprint density at radius 1 is 0.964 bits per heavy atom. The fourth-order valence-corrected chi connectivity index (χ4v) is 2.55. The van der Waals surface area contributed by atoms with Crippen LogP contribution in [-0.2, 0) is 9.47 Å². The zero-order chi connectivity index (χ0) is 19.8. The first-order valence-corrected chi connectivity index (χ1v) is 9.10. The van der Waals surface area contributed by atoms with Gasteiger partial charge in [0.25, 0.3) is 0 Å². The van der Waals surface area contributed by atoms with E-state index in [0.29, 0.717) is 42.7 Å². The third kappa shape index (κ3) is 5.02. The van der Waals surface area contributed by atoms with Gasteiger partial charge in [-0.05, 0) is 38.1 Å². The van der Waals surface area contributed by atoms with Crippen molar-refractivity contribution in [1.29, 1.82) is 0 Å². The number of anilines is 3. The Labute approximate surface area is 163 Å². The molecule has 1 aromatic carbocycles. The maximum absolute atomic E-state index is 5.54. The smallest absolute Gasteiger partial charge is 0.227 e. The molecule has 0 spiro atoms. The van der Waals surface area contributed by atoms with Gasteiger partial charge in [-0.1, -0.05) is 0 Å². The van der Waals surface area contributed by atoms with Crippen molar-refractivity contribution in [2.24, 2.45) is 0 Å². The first kappa shape index (κ1) is 19.7. The fraction of sp³-hybridized carbons (Fsp3) is 0.368. The minimum Gasteiger partial charge on any atom is -0.497 e. The first-order chi connectivity index (χ1) is 13.7. The number of benzene rings is 1. The molecular weight excluding hydrogens is 360 g/mol. The van der Waals surface area contributed by atoms with Gasteiger partial charge in [0, 0.05) is 31.3 Å². The van der Waals surface area contributed by atoms with Crippen LogP contribution in [0.2, 0.25) is 0 Å². The maximum atomic E-state index is 5.54. The number of nitrogens with one attached hydrogen (secondary N) is 2. The van der Waals surface area contributed by atoms with Crippen LogP contribution >= 0.6 is 0 Å². The molecular formula is C19H24N6O3. The van der Waals surface area contributed by atoms with Crippen molar-refractivity contribution >= 4 is 28.6 Å². The molecule has 3 aromatic rings. The maximum Gasteiger partial charge on any atom is 0.227 e. The Hall–Kier alpha value is -3.04. The molecule has 2 aromatic heterocycles. The van der Waals surface area contributed by atoms with Gasteiger partial charge in [0.1, 0.15) is 5.75 Å². The molecule has 0 radical (unpaired) electrons. The average Bonchev–Trinajstić information content (AvgIpc) is 2.73. The van der Waals surface area contributed by atoms with Crippen LogP contribution in [0.4, 0.5) is 17.5 Å². The number of fused-ring (bicyclic) bond motifs is 1. The predicted molar refractivity (Wildman–Crippen MR) is 107 cm³/mol. The van der Waals surface area contributed by atoms with E-state index in [1.54, 1.807) is 19.5 Å². The van der Waals surface area contributed by atoms with E-state index in [2.05, 4.69) is 30.6 Å². The number of hydrogen-bond acceptors (Lipinski definition) is 9. The highest BCUT2D eigenvalue weighted by molar-refractivity contribution is 5.85. The van der Waals surface area contributed by atoms with Crippen molar-refractivity contribution in [3.8, 4) is 5.75 Å². The van der Waals surface area contributed by atoms with E-state index in [-0.39, 0.29) is 6.29 Å². The zero-order valence-corrected chi connectivity index (χ0v) is 16.2. The quantitative estimate of drug-likeness (QED) is 0.511. The Bertz CT molecular complexity index is 884. The first-order valence-electron chi connectivity index (χ1n) is 9.10. The van der Waals surface area contributed by atoms with Crippen molar-refractivity contribution in [2.45, 2.75) is 20.1 Å². The lowest BCUT2D eigenvalue weighted by Gasteiger charge is -2.17. The van der Waals surface area contributed by atoms with Crippen LogP contribution in [0.5, 0.6) is 5.75 Å². The number of aromatic nitrogens is 4. The standard InChI is InChI=1S/C19H24N6O3/c1-4-27-15(28-5-2)12-22-19-24-17-16(20-10-11-21-17)18(25-19)23-13-6-8-14(26-3)9-7-13/h6-11,15H,4-5,12H2,1-3H3,(H2,21,22,23,24,25). The van der Waals surface area contributed by atoms with Gasteiger partial charge in [-0.25, -0.2) is 9.97 Å². The summed E-state index contributed by atoms with van der Waals surface area (Å²) in [6.45, 7) is 5.37. The SMILES string of the molecule is CCOC(CNc1nc(Nc2ccc(OC)cc2)c2nccnc2n1)OCC. The van der Waals surface area contributed by atoms with Crippen molar-refractivity contribution in [3.05, 3.63) is 36.7 Å². The van der Waals surface area contributed by atoms with Crippen LogP contribution in [0, 0.1) is 0 Å². The van der Waals surface area contributed by atoms with E-state index < -0.39 is 0 Å². The second-order valence-corrected chi connectivity index (χ2v) is 5.70.